The van der Waals surface area contributed by atoms with Crippen molar-refractivity contribution in [3.05, 3.63) is 77.1 Å². The molecular formula is C24H24N2O5. The monoisotopic (exact) mass is 420 g/mol. The smallest absolute Gasteiger partial charge is 0.338 e. The number of nitrogens with one attached hydrogen (secondary N) is 1. The van der Waals surface area contributed by atoms with Gasteiger partial charge < -0.3 is 24.1 Å². The van der Waals surface area contributed by atoms with Crippen molar-refractivity contribution in [2.75, 3.05) is 6.79 Å². The van der Waals surface area contributed by atoms with Crippen LogP contribution in [-0.2, 0) is 16.1 Å². The van der Waals surface area contributed by atoms with E-state index >= 15 is 0 Å². The summed E-state index contributed by atoms with van der Waals surface area (Å²) < 4.78 is 18.0. The van der Waals surface area contributed by atoms with E-state index in [1.54, 1.807) is 25.1 Å². The molecule has 7 nitrogen and oxygen atoms in total. The summed E-state index contributed by atoms with van der Waals surface area (Å²) in [5.41, 5.74) is 4.44. The zero-order valence-electron chi connectivity index (χ0n) is 17.7. The summed E-state index contributed by atoms with van der Waals surface area (Å²) in [6.45, 7) is 6.09. The number of benzene rings is 2. The molecule has 1 aromatic heterocycles. The number of rotatable bonds is 6. The summed E-state index contributed by atoms with van der Waals surface area (Å²) >= 11 is 0. The molecule has 0 bridgehead atoms. The van der Waals surface area contributed by atoms with Crippen LogP contribution in [0.5, 0.6) is 11.5 Å². The van der Waals surface area contributed by atoms with Crippen LogP contribution in [0.2, 0.25) is 0 Å². The van der Waals surface area contributed by atoms with Gasteiger partial charge in [-0.1, -0.05) is 6.07 Å². The zero-order chi connectivity index (χ0) is 22.0. The standard InChI is InChI=1S/C24H24N2O5/c1-15-4-5-16(2)26(15)20-9-7-19(8-10-20)24(28)31-17(3)23(27)25-13-18-6-11-21-22(12-18)30-14-29-21/h4-12,17H,13-14H2,1-3H3,(H,25,27)/t17-/m0/s1. The lowest BCUT2D eigenvalue weighted by Gasteiger charge is -2.14. The Labute approximate surface area is 180 Å². The molecule has 1 aliphatic rings. The molecule has 1 aliphatic heterocycles. The Bertz CT molecular complexity index is 1100. The summed E-state index contributed by atoms with van der Waals surface area (Å²) in [6.07, 6.45) is -0.921. The average molecular weight is 420 g/mol. The van der Waals surface area contributed by atoms with Crippen LogP contribution in [-0.4, -0.2) is 29.3 Å². The van der Waals surface area contributed by atoms with Crippen molar-refractivity contribution < 1.29 is 23.8 Å². The molecule has 2 aromatic carbocycles. The third-order valence-corrected chi connectivity index (χ3v) is 5.19. The highest BCUT2D eigenvalue weighted by Crippen LogP contribution is 2.32. The van der Waals surface area contributed by atoms with Gasteiger partial charge in [0.15, 0.2) is 17.6 Å². The van der Waals surface area contributed by atoms with Gasteiger partial charge in [0, 0.05) is 23.6 Å². The van der Waals surface area contributed by atoms with Gasteiger partial charge in [-0.3, -0.25) is 4.79 Å². The number of ether oxygens (including phenoxy) is 3. The highest BCUT2D eigenvalue weighted by atomic mass is 16.7. The van der Waals surface area contributed by atoms with Crippen molar-refractivity contribution in [1.29, 1.82) is 0 Å². The predicted molar refractivity (Wildman–Crippen MR) is 115 cm³/mol. The first-order chi connectivity index (χ1) is 14.9. The van der Waals surface area contributed by atoms with Gasteiger partial charge in [0.1, 0.15) is 0 Å². The van der Waals surface area contributed by atoms with E-state index in [2.05, 4.69) is 9.88 Å². The fourth-order valence-electron chi connectivity index (χ4n) is 3.49. The maximum Gasteiger partial charge on any atom is 0.338 e. The molecule has 1 amide bonds. The van der Waals surface area contributed by atoms with Gasteiger partial charge in [0.05, 0.1) is 5.56 Å². The van der Waals surface area contributed by atoms with Gasteiger partial charge in [-0.2, -0.15) is 0 Å². The minimum atomic E-state index is -0.921. The van der Waals surface area contributed by atoms with Crippen molar-refractivity contribution in [3.8, 4) is 17.2 Å². The van der Waals surface area contributed by atoms with Crippen molar-refractivity contribution >= 4 is 11.9 Å². The lowest BCUT2D eigenvalue weighted by molar-refractivity contribution is -0.129. The highest BCUT2D eigenvalue weighted by molar-refractivity contribution is 5.92. The number of hydrogen-bond donors (Lipinski definition) is 1. The maximum atomic E-state index is 12.5. The molecule has 0 fully saturated rings. The van der Waals surface area contributed by atoms with Crippen molar-refractivity contribution in [2.45, 2.75) is 33.4 Å². The Morgan fingerprint density at radius 2 is 1.68 bits per heavy atom. The van der Waals surface area contributed by atoms with E-state index < -0.39 is 12.1 Å². The summed E-state index contributed by atoms with van der Waals surface area (Å²) in [5.74, 6) is 0.421. The van der Waals surface area contributed by atoms with Crippen LogP contribution in [0.25, 0.3) is 5.69 Å². The van der Waals surface area contributed by atoms with Gasteiger partial charge in [-0.05, 0) is 74.9 Å². The molecule has 0 aliphatic carbocycles. The second-order valence-electron chi connectivity index (χ2n) is 7.45. The SMILES string of the molecule is Cc1ccc(C)n1-c1ccc(C(=O)O[C@@H](C)C(=O)NCc2ccc3c(c2)OCO3)cc1. The molecule has 2 heterocycles. The van der Waals surface area contributed by atoms with E-state index in [1.165, 1.54) is 0 Å². The van der Waals surface area contributed by atoms with E-state index in [0.717, 1.165) is 22.6 Å². The Hall–Kier alpha value is -3.74. The Kier molecular flexibility index (Phi) is 5.66. The second kappa shape index (κ2) is 8.55. The van der Waals surface area contributed by atoms with Crippen LogP contribution < -0.4 is 14.8 Å². The molecule has 31 heavy (non-hydrogen) atoms. The van der Waals surface area contributed by atoms with E-state index in [0.29, 0.717) is 23.6 Å². The maximum absolute atomic E-state index is 12.5. The Morgan fingerprint density at radius 3 is 2.39 bits per heavy atom. The third kappa shape index (κ3) is 4.40. The van der Waals surface area contributed by atoms with Gasteiger partial charge in [-0.25, -0.2) is 4.79 Å². The number of carbonyl (C=O) groups excluding carboxylic acids is 2. The zero-order valence-corrected chi connectivity index (χ0v) is 17.7. The van der Waals surface area contributed by atoms with Crippen molar-refractivity contribution in [3.63, 3.8) is 0 Å². The van der Waals surface area contributed by atoms with Crippen LogP contribution in [0, 0.1) is 13.8 Å². The molecule has 7 heteroatoms. The minimum Gasteiger partial charge on any atom is -0.454 e. The molecule has 0 radical (unpaired) electrons. The molecule has 4 rings (SSSR count). The van der Waals surface area contributed by atoms with Crippen molar-refractivity contribution in [1.82, 2.24) is 9.88 Å². The summed E-state index contributed by atoms with van der Waals surface area (Å²) in [7, 11) is 0. The first-order valence-corrected chi connectivity index (χ1v) is 10.0. The molecule has 0 unspecified atom stereocenters. The minimum absolute atomic E-state index is 0.198. The van der Waals surface area contributed by atoms with E-state index in [-0.39, 0.29) is 12.7 Å². The molecular weight excluding hydrogens is 396 g/mol. The highest BCUT2D eigenvalue weighted by Gasteiger charge is 2.20. The Morgan fingerprint density at radius 1 is 1.00 bits per heavy atom. The van der Waals surface area contributed by atoms with Crippen molar-refractivity contribution in [2.24, 2.45) is 0 Å². The third-order valence-electron chi connectivity index (χ3n) is 5.19. The lowest BCUT2D eigenvalue weighted by atomic mass is 10.2. The van der Waals surface area contributed by atoms with Gasteiger partial charge >= 0.3 is 5.97 Å². The van der Waals surface area contributed by atoms with Gasteiger partial charge in [-0.15, -0.1) is 0 Å². The number of hydrogen-bond acceptors (Lipinski definition) is 5. The van der Waals surface area contributed by atoms with Crippen LogP contribution in [0.3, 0.4) is 0 Å². The number of aryl methyl sites for hydroxylation is 2. The molecule has 0 saturated heterocycles. The fraction of sp³-hybridized carbons (Fsp3) is 0.250. The molecule has 1 atom stereocenters. The second-order valence-corrected chi connectivity index (χ2v) is 7.45. The molecule has 3 aromatic rings. The van der Waals surface area contributed by atoms with Gasteiger partial charge in [0.25, 0.3) is 5.91 Å². The number of aromatic nitrogens is 1. The van der Waals surface area contributed by atoms with E-state index in [1.807, 2.05) is 50.2 Å². The summed E-state index contributed by atoms with van der Waals surface area (Å²) in [6, 6.07) is 16.7. The number of carbonyl (C=O) groups is 2. The number of esters is 1. The predicted octanol–water partition coefficient (Wildman–Crippen LogP) is 3.68. The van der Waals surface area contributed by atoms with Crippen LogP contribution in [0.15, 0.2) is 54.6 Å². The van der Waals surface area contributed by atoms with E-state index in [9.17, 15) is 9.59 Å². The summed E-state index contributed by atoms with van der Waals surface area (Å²) in [5, 5.41) is 2.77. The quantitative estimate of drug-likeness (QED) is 0.616. The number of fused-ring (bicyclic) bond motifs is 1. The normalized spacial score (nSPS) is 13.0. The molecule has 0 spiro atoms. The summed E-state index contributed by atoms with van der Waals surface area (Å²) in [4.78, 5) is 24.8. The largest absolute Gasteiger partial charge is 0.454 e. The first-order valence-electron chi connectivity index (χ1n) is 10.0. The topological polar surface area (TPSA) is 78.8 Å². The van der Waals surface area contributed by atoms with E-state index in [4.69, 9.17) is 14.2 Å². The molecule has 0 saturated carbocycles. The molecule has 1 N–H and O–H groups in total. The Balaban J connectivity index is 1.33. The van der Waals surface area contributed by atoms with Crippen LogP contribution >= 0.6 is 0 Å². The lowest BCUT2D eigenvalue weighted by Crippen LogP contribution is -2.35. The average Bonchev–Trinajstić information content (AvgIpc) is 3.37. The number of amides is 1. The van der Waals surface area contributed by atoms with Crippen LogP contribution in [0.1, 0.15) is 34.2 Å². The fourth-order valence-corrected chi connectivity index (χ4v) is 3.49. The van der Waals surface area contributed by atoms with Gasteiger partial charge in [0.2, 0.25) is 6.79 Å². The molecule has 160 valence electrons. The van der Waals surface area contributed by atoms with Crippen LogP contribution in [0.4, 0.5) is 0 Å². The number of nitrogens with zero attached hydrogens (tertiary/aromatic N) is 1. The first kappa shape index (κ1) is 20.5.